The highest BCUT2D eigenvalue weighted by molar-refractivity contribution is 6.08. The minimum atomic E-state index is -1.24. The van der Waals surface area contributed by atoms with Crippen LogP contribution in [0.25, 0.3) is 0 Å². The van der Waals surface area contributed by atoms with Gasteiger partial charge in [0.1, 0.15) is 6.54 Å². The Kier molecular flexibility index (Phi) is 4.74. The molecule has 0 unspecified atom stereocenters. The van der Waals surface area contributed by atoms with Crippen LogP contribution in [0.2, 0.25) is 0 Å². The molecule has 1 aliphatic carbocycles. The second kappa shape index (κ2) is 6.82. The normalized spacial score (nSPS) is 29.4. The largest absolute Gasteiger partial charge is 0.352 e. The molecule has 7 heteroatoms. The number of aromatic nitrogens is 1. The van der Waals surface area contributed by atoms with E-state index in [0.29, 0.717) is 11.6 Å². The number of nitrogens with one attached hydrogen (secondary N) is 2. The third-order valence-corrected chi connectivity index (χ3v) is 5.21. The summed E-state index contributed by atoms with van der Waals surface area (Å²) in [6.07, 6.45) is 5.88. The summed E-state index contributed by atoms with van der Waals surface area (Å²) in [6.45, 7) is 3.46. The molecule has 2 fully saturated rings. The third kappa shape index (κ3) is 3.36. The SMILES string of the molecule is C[C@@H]1CCCC[C@@H]1NC(=O)CN1C(=O)N[C@@](C)(c2ccccn2)C1=O. The molecule has 0 aromatic carbocycles. The van der Waals surface area contributed by atoms with Crippen molar-refractivity contribution < 1.29 is 14.4 Å². The van der Waals surface area contributed by atoms with Crippen LogP contribution >= 0.6 is 0 Å². The van der Waals surface area contributed by atoms with Gasteiger partial charge in [-0.15, -0.1) is 0 Å². The van der Waals surface area contributed by atoms with Crippen molar-refractivity contribution in [2.75, 3.05) is 6.54 Å². The molecule has 2 heterocycles. The maximum Gasteiger partial charge on any atom is 0.325 e. The van der Waals surface area contributed by atoms with Gasteiger partial charge in [0.15, 0.2) is 5.54 Å². The van der Waals surface area contributed by atoms with E-state index in [4.69, 9.17) is 0 Å². The van der Waals surface area contributed by atoms with E-state index in [2.05, 4.69) is 22.5 Å². The van der Waals surface area contributed by atoms with E-state index in [1.165, 1.54) is 6.42 Å². The third-order valence-electron chi connectivity index (χ3n) is 5.21. The number of imide groups is 1. The average Bonchev–Trinajstić information content (AvgIpc) is 2.82. The summed E-state index contributed by atoms with van der Waals surface area (Å²) in [5.74, 6) is -0.338. The summed E-state index contributed by atoms with van der Waals surface area (Å²) >= 11 is 0. The molecule has 1 saturated heterocycles. The molecular formula is C18H24N4O3. The molecule has 1 saturated carbocycles. The minimum absolute atomic E-state index is 0.115. The molecule has 2 N–H and O–H groups in total. The molecule has 3 rings (SSSR count). The fraction of sp³-hybridized carbons (Fsp3) is 0.556. The molecular weight excluding hydrogens is 320 g/mol. The first kappa shape index (κ1) is 17.4. The molecule has 0 spiro atoms. The molecule has 1 aromatic heterocycles. The van der Waals surface area contributed by atoms with Gasteiger partial charge in [-0.3, -0.25) is 19.5 Å². The lowest BCUT2D eigenvalue weighted by Gasteiger charge is -2.30. The predicted octanol–water partition coefficient (Wildman–Crippen LogP) is 1.54. The van der Waals surface area contributed by atoms with E-state index in [-0.39, 0.29) is 18.5 Å². The zero-order valence-electron chi connectivity index (χ0n) is 14.6. The van der Waals surface area contributed by atoms with E-state index in [0.717, 1.165) is 24.2 Å². The summed E-state index contributed by atoms with van der Waals surface area (Å²) in [7, 11) is 0. The highest BCUT2D eigenvalue weighted by Crippen LogP contribution is 2.27. The van der Waals surface area contributed by atoms with Crippen molar-refractivity contribution in [3.8, 4) is 0 Å². The van der Waals surface area contributed by atoms with Crippen LogP contribution in [0.5, 0.6) is 0 Å². The minimum Gasteiger partial charge on any atom is -0.352 e. The van der Waals surface area contributed by atoms with Gasteiger partial charge in [-0.1, -0.05) is 25.8 Å². The Balaban J connectivity index is 1.67. The summed E-state index contributed by atoms with van der Waals surface area (Å²) in [5.41, 5.74) is -0.784. The molecule has 1 aromatic rings. The second-order valence-electron chi connectivity index (χ2n) is 7.10. The monoisotopic (exact) mass is 344 g/mol. The van der Waals surface area contributed by atoms with Gasteiger partial charge < -0.3 is 10.6 Å². The fourth-order valence-electron chi connectivity index (χ4n) is 3.60. The molecule has 7 nitrogen and oxygen atoms in total. The summed E-state index contributed by atoms with van der Waals surface area (Å²) in [4.78, 5) is 42.5. The highest BCUT2D eigenvalue weighted by Gasteiger charge is 2.50. The summed E-state index contributed by atoms with van der Waals surface area (Å²) in [5, 5.41) is 5.63. The van der Waals surface area contributed by atoms with Gasteiger partial charge in [0.25, 0.3) is 5.91 Å². The van der Waals surface area contributed by atoms with Crippen LogP contribution in [0.3, 0.4) is 0 Å². The Bertz CT molecular complexity index is 678. The van der Waals surface area contributed by atoms with Crippen molar-refractivity contribution in [2.24, 2.45) is 5.92 Å². The van der Waals surface area contributed by atoms with Gasteiger partial charge in [0, 0.05) is 12.2 Å². The van der Waals surface area contributed by atoms with Gasteiger partial charge in [-0.2, -0.15) is 0 Å². The van der Waals surface area contributed by atoms with Crippen LogP contribution in [0.15, 0.2) is 24.4 Å². The Morgan fingerprint density at radius 1 is 1.36 bits per heavy atom. The van der Waals surface area contributed by atoms with Crippen LogP contribution < -0.4 is 10.6 Å². The van der Waals surface area contributed by atoms with Crippen LogP contribution in [0.1, 0.15) is 45.2 Å². The van der Waals surface area contributed by atoms with Gasteiger partial charge in [0.2, 0.25) is 5.91 Å². The number of amides is 4. The number of urea groups is 1. The number of nitrogens with zero attached hydrogens (tertiary/aromatic N) is 2. The zero-order valence-corrected chi connectivity index (χ0v) is 14.6. The van der Waals surface area contributed by atoms with Gasteiger partial charge in [0.05, 0.1) is 5.69 Å². The Morgan fingerprint density at radius 3 is 2.80 bits per heavy atom. The topological polar surface area (TPSA) is 91.4 Å². The Morgan fingerprint density at radius 2 is 2.12 bits per heavy atom. The van der Waals surface area contributed by atoms with E-state index in [9.17, 15) is 14.4 Å². The molecule has 25 heavy (non-hydrogen) atoms. The second-order valence-corrected chi connectivity index (χ2v) is 7.10. The summed E-state index contributed by atoms with van der Waals surface area (Å²) in [6, 6.07) is 4.73. The van der Waals surface area contributed by atoms with Crippen molar-refractivity contribution in [1.29, 1.82) is 0 Å². The van der Waals surface area contributed by atoms with Crippen molar-refractivity contribution in [1.82, 2.24) is 20.5 Å². The molecule has 3 atom stereocenters. The first-order chi connectivity index (χ1) is 11.9. The standard InChI is InChI=1S/C18H24N4O3/c1-12-7-3-4-8-13(12)20-15(23)11-22-16(24)18(2,21-17(22)25)14-9-5-6-10-19-14/h5-6,9-10,12-13H,3-4,7-8,11H2,1-2H3,(H,20,23)(H,21,25)/t12-,13+,18+/m1/s1. The average molecular weight is 344 g/mol. The smallest absolute Gasteiger partial charge is 0.325 e. The first-order valence-electron chi connectivity index (χ1n) is 8.77. The zero-order chi connectivity index (χ0) is 18.0. The summed E-state index contributed by atoms with van der Waals surface area (Å²) < 4.78 is 0. The van der Waals surface area contributed by atoms with Gasteiger partial charge in [-0.05, 0) is 37.8 Å². The first-order valence-corrected chi connectivity index (χ1v) is 8.77. The molecule has 2 aliphatic rings. The predicted molar refractivity (Wildman–Crippen MR) is 91.4 cm³/mol. The van der Waals surface area contributed by atoms with Crippen molar-refractivity contribution in [3.63, 3.8) is 0 Å². The highest BCUT2D eigenvalue weighted by atomic mass is 16.2. The lowest BCUT2D eigenvalue weighted by Crippen LogP contribution is -2.47. The maximum atomic E-state index is 12.8. The maximum absolute atomic E-state index is 12.8. The number of hydrogen-bond donors (Lipinski definition) is 2. The number of pyridine rings is 1. The van der Waals surface area contributed by atoms with Crippen LogP contribution in [0.4, 0.5) is 4.79 Å². The van der Waals surface area contributed by atoms with Crippen molar-refractivity contribution >= 4 is 17.8 Å². The van der Waals surface area contributed by atoms with Crippen molar-refractivity contribution in [2.45, 2.75) is 51.1 Å². The molecule has 4 amide bonds. The lowest BCUT2D eigenvalue weighted by atomic mass is 9.86. The number of hydrogen-bond acceptors (Lipinski definition) is 4. The van der Waals surface area contributed by atoms with Crippen LogP contribution in [-0.2, 0) is 15.1 Å². The lowest BCUT2D eigenvalue weighted by molar-refractivity contribution is -0.135. The van der Waals surface area contributed by atoms with Gasteiger partial charge >= 0.3 is 6.03 Å². The Labute approximate surface area is 147 Å². The van der Waals surface area contributed by atoms with Crippen LogP contribution in [-0.4, -0.2) is 40.3 Å². The van der Waals surface area contributed by atoms with E-state index in [1.807, 2.05) is 0 Å². The molecule has 1 aliphatic heterocycles. The fourth-order valence-corrected chi connectivity index (χ4v) is 3.60. The Hall–Kier alpha value is -2.44. The van der Waals surface area contributed by atoms with Gasteiger partial charge in [-0.25, -0.2) is 4.79 Å². The van der Waals surface area contributed by atoms with E-state index in [1.54, 1.807) is 31.3 Å². The quantitative estimate of drug-likeness (QED) is 0.811. The number of rotatable bonds is 4. The number of carbonyl (C=O) groups is 3. The molecule has 0 radical (unpaired) electrons. The van der Waals surface area contributed by atoms with Crippen molar-refractivity contribution in [3.05, 3.63) is 30.1 Å². The number of carbonyl (C=O) groups excluding carboxylic acids is 3. The van der Waals surface area contributed by atoms with E-state index >= 15 is 0 Å². The van der Waals surface area contributed by atoms with Crippen LogP contribution in [0, 0.1) is 5.92 Å². The molecule has 0 bridgehead atoms. The molecule has 134 valence electrons. The van der Waals surface area contributed by atoms with E-state index < -0.39 is 17.5 Å².